The lowest BCUT2D eigenvalue weighted by Gasteiger charge is -2.12. The van der Waals surface area contributed by atoms with E-state index in [2.05, 4.69) is 10.3 Å². The number of halogens is 3. The van der Waals surface area contributed by atoms with E-state index in [1.807, 2.05) is 0 Å². The van der Waals surface area contributed by atoms with Crippen LogP contribution in [-0.2, 0) is 17.5 Å². The van der Waals surface area contributed by atoms with Gasteiger partial charge in [0.1, 0.15) is 0 Å². The van der Waals surface area contributed by atoms with Crippen molar-refractivity contribution in [3.05, 3.63) is 42.5 Å². The minimum Gasteiger partial charge on any atom is -0.398 e. The molecule has 0 spiro atoms. The summed E-state index contributed by atoms with van der Waals surface area (Å²) in [5, 5.41) is 2.42. The number of imidazole rings is 1. The fraction of sp³-hybridized carbons (Fsp3) is 0.231. The van der Waals surface area contributed by atoms with Crippen molar-refractivity contribution < 1.29 is 18.0 Å². The Bertz CT molecular complexity index is 623. The monoisotopic (exact) mass is 298 g/mol. The zero-order valence-corrected chi connectivity index (χ0v) is 10.9. The molecule has 0 aliphatic carbocycles. The number of alkyl halides is 3. The van der Waals surface area contributed by atoms with Crippen LogP contribution in [0.1, 0.15) is 12.0 Å². The molecule has 21 heavy (non-hydrogen) atoms. The number of nitrogens with two attached hydrogens (primary N) is 1. The van der Waals surface area contributed by atoms with Gasteiger partial charge >= 0.3 is 6.18 Å². The molecule has 1 aromatic carbocycles. The largest absolute Gasteiger partial charge is 0.418 e. The van der Waals surface area contributed by atoms with Gasteiger partial charge in [0, 0.05) is 36.7 Å². The summed E-state index contributed by atoms with van der Waals surface area (Å²) in [6.07, 6.45) is 0.397. The summed E-state index contributed by atoms with van der Waals surface area (Å²) in [5.41, 5.74) is 4.01. The molecule has 112 valence electrons. The Hall–Kier alpha value is -2.51. The van der Waals surface area contributed by atoms with Crippen molar-refractivity contribution in [2.45, 2.75) is 19.1 Å². The molecule has 1 amide bonds. The number of hydrogen-bond donors (Lipinski definition) is 2. The molecule has 3 N–H and O–H groups in total. The van der Waals surface area contributed by atoms with E-state index in [9.17, 15) is 18.0 Å². The molecular weight excluding hydrogens is 285 g/mol. The fourth-order valence-corrected chi connectivity index (χ4v) is 1.75. The third kappa shape index (κ3) is 3.98. The topological polar surface area (TPSA) is 72.9 Å². The Morgan fingerprint density at radius 1 is 1.38 bits per heavy atom. The Morgan fingerprint density at radius 2 is 2.14 bits per heavy atom. The molecule has 8 heteroatoms. The van der Waals surface area contributed by atoms with Crippen molar-refractivity contribution >= 4 is 17.3 Å². The lowest BCUT2D eigenvalue weighted by Crippen LogP contribution is -2.15. The summed E-state index contributed by atoms with van der Waals surface area (Å²) in [6.45, 7) is 0.396. The van der Waals surface area contributed by atoms with Crippen LogP contribution in [0.5, 0.6) is 0 Å². The van der Waals surface area contributed by atoms with E-state index in [1.54, 1.807) is 23.3 Å². The zero-order chi connectivity index (χ0) is 15.5. The lowest BCUT2D eigenvalue weighted by molar-refractivity contribution is -0.136. The first-order valence-corrected chi connectivity index (χ1v) is 6.08. The van der Waals surface area contributed by atoms with Gasteiger partial charge in [0.2, 0.25) is 5.91 Å². The van der Waals surface area contributed by atoms with Crippen molar-refractivity contribution in [1.29, 1.82) is 0 Å². The maximum atomic E-state index is 12.7. The number of hydrogen-bond acceptors (Lipinski definition) is 3. The fourth-order valence-electron chi connectivity index (χ4n) is 1.75. The van der Waals surface area contributed by atoms with Crippen LogP contribution in [0.4, 0.5) is 24.5 Å². The number of carbonyl (C=O) groups is 1. The Morgan fingerprint density at radius 3 is 2.76 bits per heavy atom. The minimum atomic E-state index is -4.55. The van der Waals surface area contributed by atoms with Crippen LogP contribution in [0.15, 0.2) is 36.9 Å². The van der Waals surface area contributed by atoms with Gasteiger partial charge in [-0.05, 0) is 18.2 Å². The van der Waals surface area contributed by atoms with E-state index in [1.165, 1.54) is 6.07 Å². The quantitative estimate of drug-likeness (QED) is 0.852. The van der Waals surface area contributed by atoms with Crippen molar-refractivity contribution in [1.82, 2.24) is 9.55 Å². The van der Waals surface area contributed by atoms with Crippen molar-refractivity contribution in [2.24, 2.45) is 0 Å². The minimum absolute atomic E-state index is 0.0622. The average molecular weight is 298 g/mol. The Labute approximate surface area is 118 Å². The number of nitrogens with one attached hydrogen (secondary N) is 1. The standard InChI is InChI=1S/C13H13F3N4O/c14-13(15,16)10-7-9(1-2-11(10)17)19-12(21)3-5-20-6-4-18-8-20/h1-2,4,6-8H,3,5,17H2,(H,19,21). The van der Waals surface area contributed by atoms with Gasteiger partial charge in [-0.2, -0.15) is 13.2 Å². The van der Waals surface area contributed by atoms with E-state index < -0.39 is 11.7 Å². The summed E-state index contributed by atoms with van der Waals surface area (Å²) in [5.74, 6) is -0.387. The molecule has 2 aromatic rings. The summed E-state index contributed by atoms with van der Waals surface area (Å²) in [7, 11) is 0. The predicted octanol–water partition coefficient (Wildman–Crippen LogP) is 2.51. The van der Waals surface area contributed by atoms with Gasteiger partial charge in [0.15, 0.2) is 0 Å². The molecule has 5 nitrogen and oxygen atoms in total. The van der Waals surface area contributed by atoms with E-state index in [4.69, 9.17) is 5.73 Å². The molecule has 0 bridgehead atoms. The molecule has 0 saturated heterocycles. The summed E-state index contributed by atoms with van der Waals surface area (Å²) in [6, 6.07) is 3.28. The van der Waals surface area contributed by atoms with Gasteiger partial charge < -0.3 is 15.6 Å². The first-order valence-electron chi connectivity index (χ1n) is 6.08. The normalized spacial score (nSPS) is 11.4. The predicted molar refractivity (Wildman–Crippen MR) is 71.3 cm³/mol. The second-order valence-electron chi connectivity index (χ2n) is 4.40. The molecule has 0 aliphatic heterocycles. The summed E-state index contributed by atoms with van der Waals surface area (Å²) >= 11 is 0. The van der Waals surface area contributed by atoms with Crippen molar-refractivity contribution in [3.8, 4) is 0 Å². The maximum Gasteiger partial charge on any atom is 0.418 e. The SMILES string of the molecule is Nc1ccc(NC(=O)CCn2ccnc2)cc1C(F)(F)F. The number of carbonyl (C=O) groups excluding carboxylic acids is 1. The average Bonchev–Trinajstić information content (AvgIpc) is 2.90. The maximum absolute atomic E-state index is 12.7. The molecule has 2 rings (SSSR count). The van der Waals surface area contributed by atoms with Crippen LogP contribution in [0.3, 0.4) is 0 Å². The number of anilines is 2. The first-order chi connectivity index (χ1) is 9.86. The Kier molecular flexibility index (Phi) is 4.15. The molecule has 0 radical (unpaired) electrons. The van der Waals surface area contributed by atoms with E-state index in [0.717, 1.165) is 12.1 Å². The molecule has 1 aromatic heterocycles. The van der Waals surface area contributed by atoms with Crippen LogP contribution in [0.2, 0.25) is 0 Å². The van der Waals surface area contributed by atoms with E-state index in [0.29, 0.717) is 6.54 Å². The highest BCUT2D eigenvalue weighted by molar-refractivity contribution is 5.91. The number of aromatic nitrogens is 2. The first kappa shape index (κ1) is 14.9. The highest BCUT2D eigenvalue weighted by Gasteiger charge is 2.33. The molecule has 0 atom stereocenters. The third-order valence-electron chi connectivity index (χ3n) is 2.80. The zero-order valence-electron chi connectivity index (χ0n) is 10.9. The van der Waals surface area contributed by atoms with Gasteiger partial charge in [-0.15, -0.1) is 0 Å². The van der Waals surface area contributed by atoms with Crippen molar-refractivity contribution in [3.63, 3.8) is 0 Å². The summed E-state index contributed by atoms with van der Waals surface area (Å²) < 4.78 is 39.8. The number of nitrogens with zero attached hydrogens (tertiary/aromatic N) is 2. The van der Waals surface area contributed by atoms with E-state index in [-0.39, 0.29) is 23.7 Å². The number of nitrogen functional groups attached to an aromatic ring is 1. The van der Waals surface area contributed by atoms with Crippen LogP contribution >= 0.6 is 0 Å². The molecule has 0 aliphatic rings. The van der Waals surface area contributed by atoms with Gasteiger partial charge in [0.05, 0.1) is 11.9 Å². The number of aryl methyl sites for hydroxylation is 1. The highest BCUT2D eigenvalue weighted by Crippen LogP contribution is 2.35. The van der Waals surface area contributed by atoms with Crippen LogP contribution in [0, 0.1) is 0 Å². The van der Waals surface area contributed by atoms with Crippen LogP contribution < -0.4 is 11.1 Å². The molecule has 0 unspecified atom stereocenters. The molecule has 0 fully saturated rings. The summed E-state index contributed by atoms with van der Waals surface area (Å²) in [4.78, 5) is 15.5. The Balaban J connectivity index is 2.01. The van der Waals surface area contributed by atoms with Gasteiger partial charge in [-0.1, -0.05) is 0 Å². The number of amides is 1. The number of rotatable bonds is 4. The second-order valence-corrected chi connectivity index (χ2v) is 4.40. The van der Waals surface area contributed by atoms with Crippen LogP contribution in [0.25, 0.3) is 0 Å². The molecule has 1 heterocycles. The third-order valence-corrected chi connectivity index (χ3v) is 2.80. The number of benzene rings is 1. The lowest BCUT2D eigenvalue weighted by atomic mass is 10.1. The van der Waals surface area contributed by atoms with Gasteiger partial charge in [-0.25, -0.2) is 4.98 Å². The van der Waals surface area contributed by atoms with E-state index >= 15 is 0 Å². The highest BCUT2D eigenvalue weighted by atomic mass is 19.4. The van der Waals surface area contributed by atoms with Gasteiger partial charge in [0.25, 0.3) is 0 Å². The van der Waals surface area contributed by atoms with Gasteiger partial charge in [-0.3, -0.25) is 4.79 Å². The molecule has 0 saturated carbocycles. The second kappa shape index (κ2) is 5.86. The van der Waals surface area contributed by atoms with Crippen molar-refractivity contribution in [2.75, 3.05) is 11.1 Å². The molecular formula is C13H13F3N4O. The smallest absolute Gasteiger partial charge is 0.398 e. The van der Waals surface area contributed by atoms with Crippen LogP contribution in [-0.4, -0.2) is 15.5 Å².